The van der Waals surface area contributed by atoms with E-state index in [1.54, 1.807) is 0 Å². The Kier molecular flexibility index (Phi) is 6.74. The van der Waals surface area contributed by atoms with Gasteiger partial charge < -0.3 is 10.2 Å². The van der Waals surface area contributed by atoms with Crippen molar-refractivity contribution >= 4 is 11.7 Å². The van der Waals surface area contributed by atoms with Gasteiger partial charge >= 0.3 is 6.18 Å². The number of alkyl halides is 3. The van der Waals surface area contributed by atoms with E-state index >= 15 is 0 Å². The third kappa shape index (κ3) is 6.19. The molecule has 1 amide bonds. The van der Waals surface area contributed by atoms with E-state index in [4.69, 9.17) is 0 Å². The van der Waals surface area contributed by atoms with Crippen molar-refractivity contribution in [2.24, 2.45) is 0 Å². The van der Waals surface area contributed by atoms with Crippen molar-refractivity contribution in [3.63, 3.8) is 0 Å². The molecule has 156 valence electrons. The molecule has 1 aromatic carbocycles. The van der Waals surface area contributed by atoms with E-state index in [1.807, 2.05) is 36.1 Å². The molecule has 0 unspecified atom stereocenters. The monoisotopic (exact) mass is 406 g/mol. The molecule has 8 heteroatoms. The molecule has 2 heterocycles. The fraction of sp³-hybridized carbons (Fsp3) is 0.429. The Balaban J connectivity index is 1.48. The number of halogens is 3. The van der Waals surface area contributed by atoms with Crippen LogP contribution in [0.4, 0.5) is 19.0 Å². The highest BCUT2D eigenvalue weighted by Crippen LogP contribution is 2.29. The lowest BCUT2D eigenvalue weighted by atomic mass is 10.1. The number of anilines is 1. The van der Waals surface area contributed by atoms with E-state index in [2.05, 4.69) is 15.2 Å². The van der Waals surface area contributed by atoms with Crippen molar-refractivity contribution in [1.82, 2.24) is 15.2 Å². The van der Waals surface area contributed by atoms with Crippen molar-refractivity contribution in [1.29, 1.82) is 0 Å². The predicted molar refractivity (Wildman–Crippen MR) is 106 cm³/mol. The van der Waals surface area contributed by atoms with Gasteiger partial charge in [-0.3, -0.25) is 9.69 Å². The van der Waals surface area contributed by atoms with Crippen LogP contribution in [0.25, 0.3) is 0 Å². The number of nitrogens with zero attached hydrogens (tertiary/aromatic N) is 3. The Morgan fingerprint density at radius 2 is 1.83 bits per heavy atom. The summed E-state index contributed by atoms with van der Waals surface area (Å²) >= 11 is 0. The summed E-state index contributed by atoms with van der Waals surface area (Å²) in [6.45, 7) is 5.54. The number of nitrogens with one attached hydrogen (secondary N) is 1. The summed E-state index contributed by atoms with van der Waals surface area (Å²) in [5.74, 6) is 0.496. The number of rotatable bonds is 5. The molecule has 1 saturated heterocycles. The summed E-state index contributed by atoms with van der Waals surface area (Å²) in [5, 5.41) is 2.94. The number of benzene rings is 1. The van der Waals surface area contributed by atoms with Crippen molar-refractivity contribution in [3.8, 4) is 0 Å². The van der Waals surface area contributed by atoms with E-state index in [-0.39, 0.29) is 5.91 Å². The quantitative estimate of drug-likeness (QED) is 0.828. The lowest BCUT2D eigenvalue weighted by Crippen LogP contribution is -2.39. The smallest absolute Gasteiger partial charge is 0.355 e. The number of amides is 1. The lowest BCUT2D eigenvalue weighted by Gasteiger charge is -2.22. The highest BCUT2D eigenvalue weighted by Gasteiger charge is 2.31. The van der Waals surface area contributed by atoms with Crippen LogP contribution in [0.3, 0.4) is 0 Å². The minimum atomic E-state index is -4.38. The third-order valence-electron chi connectivity index (χ3n) is 4.97. The summed E-state index contributed by atoms with van der Waals surface area (Å²) in [6.07, 6.45) is -2.70. The number of pyridine rings is 1. The van der Waals surface area contributed by atoms with Crippen molar-refractivity contribution in [2.75, 3.05) is 37.6 Å². The second kappa shape index (κ2) is 9.26. The van der Waals surface area contributed by atoms with Gasteiger partial charge in [0.05, 0.1) is 12.1 Å². The molecule has 0 spiro atoms. The average Bonchev–Trinajstić information content (AvgIpc) is 2.92. The van der Waals surface area contributed by atoms with Crippen LogP contribution in [0.5, 0.6) is 0 Å². The largest absolute Gasteiger partial charge is 0.417 e. The maximum Gasteiger partial charge on any atom is 0.417 e. The molecule has 0 saturated carbocycles. The molecule has 5 nitrogen and oxygen atoms in total. The number of carbonyl (C=O) groups excluding carboxylic acids is 1. The van der Waals surface area contributed by atoms with E-state index in [0.717, 1.165) is 30.8 Å². The molecule has 3 rings (SSSR count). The zero-order valence-electron chi connectivity index (χ0n) is 16.4. The molecule has 2 aromatic rings. The number of aryl methyl sites for hydroxylation is 1. The van der Waals surface area contributed by atoms with Crippen LogP contribution in [0, 0.1) is 6.92 Å². The van der Waals surface area contributed by atoms with E-state index in [0.29, 0.717) is 38.5 Å². The van der Waals surface area contributed by atoms with Gasteiger partial charge in [-0.15, -0.1) is 0 Å². The van der Waals surface area contributed by atoms with Crippen LogP contribution in [0.2, 0.25) is 0 Å². The Bertz CT molecular complexity index is 806. The third-order valence-corrected chi connectivity index (χ3v) is 4.97. The van der Waals surface area contributed by atoms with Crippen LogP contribution < -0.4 is 10.2 Å². The predicted octanol–water partition coefficient (Wildman–Crippen LogP) is 3.24. The Labute approximate surface area is 168 Å². The number of aromatic nitrogens is 1. The maximum atomic E-state index is 12.7. The van der Waals surface area contributed by atoms with Crippen LogP contribution in [-0.4, -0.2) is 48.5 Å². The fourth-order valence-corrected chi connectivity index (χ4v) is 3.26. The van der Waals surface area contributed by atoms with Gasteiger partial charge in [0.25, 0.3) is 0 Å². The van der Waals surface area contributed by atoms with Gasteiger partial charge in [-0.05, 0) is 31.0 Å². The molecule has 1 fully saturated rings. The number of carbonyl (C=O) groups is 1. The van der Waals surface area contributed by atoms with Crippen molar-refractivity contribution in [2.45, 2.75) is 26.1 Å². The summed E-state index contributed by atoms with van der Waals surface area (Å²) in [4.78, 5) is 20.3. The molecule has 0 atom stereocenters. The normalized spacial score (nSPS) is 15.8. The number of hydrogen-bond donors (Lipinski definition) is 1. The first-order valence-electron chi connectivity index (χ1n) is 9.64. The molecule has 1 aliphatic rings. The van der Waals surface area contributed by atoms with Crippen molar-refractivity contribution in [3.05, 3.63) is 59.3 Å². The molecule has 1 N–H and O–H groups in total. The standard InChI is InChI=1S/C21H25F3N4O/c1-16-3-5-17(6-4-16)13-26-20(29)15-27-9-2-10-28(12-11-27)19-8-7-18(14-25-19)21(22,23)24/h3-8,14H,2,9-13,15H2,1H3,(H,26,29). The Hall–Kier alpha value is -2.61. The van der Waals surface area contributed by atoms with Crippen LogP contribution >= 0.6 is 0 Å². The van der Waals surface area contributed by atoms with Crippen LogP contribution in [0.15, 0.2) is 42.6 Å². The van der Waals surface area contributed by atoms with E-state index in [1.165, 1.54) is 11.6 Å². The first kappa shape index (κ1) is 21.1. The van der Waals surface area contributed by atoms with Gasteiger partial charge in [-0.1, -0.05) is 29.8 Å². The van der Waals surface area contributed by atoms with Gasteiger partial charge in [0.15, 0.2) is 0 Å². The van der Waals surface area contributed by atoms with Gasteiger partial charge in [-0.2, -0.15) is 13.2 Å². The second-order valence-electron chi connectivity index (χ2n) is 7.28. The summed E-state index contributed by atoms with van der Waals surface area (Å²) < 4.78 is 38.1. The summed E-state index contributed by atoms with van der Waals surface area (Å²) in [6, 6.07) is 10.5. The molecule has 1 aromatic heterocycles. The summed E-state index contributed by atoms with van der Waals surface area (Å²) in [7, 11) is 0. The zero-order valence-corrected chi connectivity index (χ0v) is 16.4. The zero-order chi connectivity index (χ0) is 20.9. The topological polar surface area (TPSA) is 48.5 Å². The fourth-order valence-electron chi connectivity index (χ4n) is 3.26. The number of hydrogen-bond acceptors (Lipinski definition) is 4. The SMILES string of the molecule is Cc1ccc(CNC(=O)CN2CCCN(c3ccc(C(F)(F)F)cn3)CC2)cc1. The van der Waals surface area contributed by atoms with E-state index in [9.17, 15) is 18.0 Å². The van der Waals surface area contributed by atoms with Crippen molar-refractivity contribution < 1.29 is 18.0 Å². The molecule has 0 radical (unpaired) electrons. The van der Waals surface area contributed by atoms with E-state index < -0.39 is 11.7 Å². The molecule has 0 bridgehead atoms. The molecular weight excluding hydrogens is 381 g/mol. The van der Waals surface area contributed by atoms with Gasteiger partial charge in [0.1, 0.15) is 5.82 Å². The van der Waals surface area contributed by atoms with Gasteiger partial charge in [-0.25, -0.2) is 4.98 Å². The van der Waals surface area contributed by atoms with Crippen LogP contribution in [0.1, 0.15) is 23.1 Å². The first-order valence-corrected chi connectivity index (χ1v) is 9.64. The Morgan fingerprint density at radius 1 is 1.07 bits per heavy atom. The maximum absolute atomic E-state index is 12.7. The minimum absolute atomic E-state index is 0.0355. The highest BCUT2D eigenvalue weighted by molar-refractivity contribution is 5.78. The molecule has 1 aliphatic heterocycles. The molecule has 0 aliphatic carbocycles. The minimum Gasteiger partial charge on any atom is -0.355 e. The van der Waals surface area contributed by atoms with Gasteiger partial charge in [0.2, 0.25) is 5.91 Å². The molecular formula is C21H25F3N4O. The first-order chi connectivity index (χ1) is 13.8. The average molecular weight is 406 g/mol. The van der Waals surface area contributed by atoms with Crippen LogP contribution in [-0.2, 0) is 17.5 Å². The highest BCUT2D eigenvalue weighted by atomic mass is 19.4. The summed E-state index contributed by atoms with van der Waals surface area (Å²) in [5.41, 5.74) is 1.49. The molecule has 29 heavy (non-hydrogen) atoms. The Morgan fingerprint density at radius 3 is 2.48 bits per heavy atom. The van der Waals surface area contributed by atoms with Gasteiger partial charge in [0, 0.05) is 38.9 Å². The lowest BCUT2D eigenvalue weighted by molar-refractivity contribution is -0.137. The second-order valence-corrected chi connectivity index (χ2v) is 7.28.